The predicted molar refractivity (Wildman–Crippen MR) is 89.2 cm³/mol. The monoisotopic (exact) mass is 330 g/mol. The lowest BCUT2D eigenvalue weighted by Gasteiger charge is -2.32. The largest absolute Gasteiger partial charge is 0.393 e. The SMILES string of the molecule is CCS(=O)C1CCCCC1NC(=O)NCC1CCCC(O)C1. The Balaban J connectivity index is 1.76. The topological polar surface area (TPSA) is 78.4 Å². The van der Waals surface area contributed by atoms with Crippen LogP contribution in [0, 0.1) is 5.92 Å². The Morgan fingerprint density at radius 1 is 1.18 bits per heavy atom. The van der Waals surface area contributed by atoms with E-state index in [1.165, 1.54) is 0 Å². The summed E-state index contributed by atoms with van der Waals surface area (Å²) in [6, 6.07) is -0.114. The Labute approximate surface area is 136 Å². The van der Waals surface area contributed by atoms with E-state index in [-0.39, 0.29) is 23.4 Å². The van der Waals surface area contributed by atoms with Crippen LogP contribution in [0.15, 0.2) is 0 Å². The van der Waals surface area contributed by atoms with Crippen LogP contribution in [-0.4, -0.2) is 45.0 Å². The molecule has 2 aliphatic rings. The third-order valence-electron chi connectivity index (χ3n) is 4.95. The minimum absolute atomic E-state index is 0.0338. The molecule has 6 heteroatoms. The summed E-state index contributed by atoms with van der Waals surface area (Å²) in [5, 5.41) is 15.7. The lowest BCUT2D eigenvalue weighted by Crippen LogP contribution is -2.51. The van der Waals surface area contributed by atoms with E-state index in [1.54, 1.807) is 0 Å². The summed E-state index contributed by atoms with van der Waals surface area (Å²) in [5.74, 6) is 1.03. The first-order valence-electron chi connectivity index (χ1n) is 8.69. The van der Waals surface area contributed by atoms with Crippen LogP contribution >= 0.6 is 0 Å². The number of nitrogens with one attached hydrogen (secondary N) is 2. The molecule has 0 saturated heterocycles. The normalized spacial score (nSPS) is 33.9. The molecule has 5 nitrogen and oxygen atoms in total. The van der Waals surface area contributed by atoms with E-state index in [4.69, 9.17) is 0 Å². The molecule has 0 radical (unpaired) electrons. The molecule has 0 aliphatic heterocycles. The zero-order valence-corrected chi connectivity index (χ0v) is 14.4. The van der Waals surface area contributed by atoms with Crippen LogP contribution in [-0.2, 0) is 10.8 Å². The van der Waals surface area contributed by atoms with Crippen molar-refractivity contribution < 1.29 is 14.1 Å². The molecule has 3 N–H and O–H groups in total. The molecular weight excluding hydrogens is 300 g/mol. The van der Waals surface area contributed by atoms with E-state index in [0.29, 0.717) is 18.2 Å². The van der Waals surface area contributed by atoms with Crippen molar-refractivity contribution in [2.45, 2.75) is 75.7 Å². The highest BCUT2D eigenvalue weighted by Gasteiger charge is 2.30. The van der Waals surface area contributed by atoms with Gasteiger partial charge in [0.25, 0.3) is 0 Å². The van der Waals surface area contributed by atoms with Gasteiger partial charge in [0.05, 0.1) is 11.4 Å². The lowest BCUT2D eigenvalue weighted by atomic mass is 9.87. The fourth-order valence-corrected chi connectivity index (χ4v) is 5.12. The van der Waals surface area contributed by atoms with Gasteiger partial charge in [-0.25, -0.2) is 4.79 Å². The zero-order chi connectivity index (χ0) is 15.9. The summed E-state index contributed by atoms with van der Waals surface area (Å²) >= 11 is 0. The summed E-state index contributed by atoms with van der Waals surface area (Å²) in [6.07, 6.45) is 7.64. The smallest absolute Gasteiger partial charge is 0.315 e. The van der Waals surface area contributed by atoms with Crippen molar-refractivity contribution in [3.8, 4) is 0 Å². The van der Waals surface area contributed by atoms with Crippen molar-refractivity contribution in [1.82, 2.24) is 10.6 Å². The highest BCUT2D eigenvalue weighted by atomic mass is 32.2. The second kappa shape index (κ2) is 8.87. The fraction of sp³-hybridized carbons (Fsp3) is 0.938. The van der Waals surface area contributed by atoms with Crippen molar-refractivity contribution in [3.05, 3.63) is 0 Å². The average Bonchev–Trinajstić information content (AvgIpc) is 2.53. The van der Waals surface area contributed by atoms with Gasteiger partial charge in [-0.1, -0.05) is 26.2 Å². The maximum atomic E-state index is 12.1. The number of hydrogen-bond donors (Lipinski definition) is 3. The third-order valence-corrected chi connectivity index (χ3v) is 6.76. The van der Waals surface area contributed by atoms with Gasteiger partial charge in [-0.05, 0) is 38.0 Å². The van der Waals surface area contributed by atoms with Gasteiger partial charge in [0.2, 0.25) is 0 Å². The van der Waals surface area contributed by atoms with Crippen LogP contribution in [0.3, 0.4) is 0 Å². The summed E-state index contributed by atoms with van der Waals surface area (Å²) in [7, 11) is -0.848. The van der Waals surface area contributed by atoms with Gasteiger partial charge in [-0.3, -0.25) is 4.21 Å². The third kappa shape index (κ3) is 5.23. The van der Waals surface area contributed by atoms with Crippen LogP contribution in [0.5, 0.6) is 0 Å². The molecule has 2 saturated carbocycles. The molecule has 5 atom stereocenters. The number of urea groups is 1. The van der Waals surface area contributed by atoms with Crippen LogP contribution in [0.2, 0.25) is 0 Å². The molecule has 2 amide bonds. The molecule has 0 aromatic heterocycles. The van der Waals surface area contributed by atoms with Gasteiger partial charge in [-0.2, -0.15) is 0 Å². The van der Waals surface area contributed by atoms with Crippen molar-refractivity contribution in [2.24, 2.45) is 5.92 Å². The maximum absolute atomic E-state index is 12.1. The first kappa shape index (κ1) is 17.7. The van der Waals surface area contributed by atoms with Gasteiger partial charge in [0, 0.05) is 29.1 Å². The highest BCUT2D eigenvalue weighted by molar-refractivity contribution is 7.85. The minimum Gasteiger partial charge on any atom is -0.393 e. The lowest BCUT2D eigenvalue weighted by molar-refractivity contribution is 0.101. The molecule has 0 aromatic rings. The van der Waals surface area contributed by atoms with E-state index in [9.17, 15) is 14.1 Å². The molecule has 2 rings (SSSR count). The van der Waals surface area contributed by atoms with Gasteiger partial charge in [0.1, 0.15) is 0 Å². The van der Waals surface area contributed by atoms with Gasteiger partial charge in [0.15, 0.2) is 0 Å². The number of carbonyl (C=O) groups is 1. The van der Waals surface area contributed by atoms with Crippen LogP contribution < -0.4 is 10.6 Å². The Kier molecular flexibility index (Phi) is 7.15. The first-order chi connectivity index (χ1) is 10.6. The van der Waals surface area contributed by atoms with E-state index < -0.39 is 10.8 Å². The summed E-state index contributed by atoms with van der Waals surface area (Å²) in [4.78, 5) is 12.1. The van der Waals surface area contributed by atoms with Crippen molar-refractivity contribution >= 4 is 16.8 Å². The Hall–Kier alpha value is -0.620. The van der Waals surface area contributed by atoms with Crippen molar-refractivity contribution in [1.29, 1.82) is 0 Å². The fourth-order valence-electron chi connectivity index (χ4n) is 3.70. The van der Waals surface area contributed by atoms with E-state index in [1.807, 2.05) is 6.92 Å². The maximum Gasteiger partial charge on any atom is 0.315 e. The van der Waals surface area contributed by atoms with E-state index in [0.717, 1.165) is 51.4 Å². The Morgan fingerprint density at radius 2 is 1.95 bits per heavy atom. The van der Waals surface area contributed by atoms with Gasteiger partial charge >= 0.3 is 6.03 Å². The molecule has 2 aliphatic carbocycles. The molecule has 0 bridgehead atoms. The van der Waals surface area contributed by atoms with E-state index >= 15 is 0 Å². The highest BCUT2D eigenvalue weighted by Crippen LogP contribution is 2.24. The number of aliphatic hydroxyl groups excluding tert-OH is 1. The molecule has 2 fully saturated rings. The second-order valence-corrected chi connectivity index (χ2v) is 8.58. The van der Waals surface area contributed by atoms with Crippen molar-refractivity contribution in [3.63, 3.8) is 0 Å². The molecule has 22 heavy (non-hydrogen) atoms. The predicted octanol–water partition coefficient (Wildman–Crippen LogP) is 1.92. The number of hydrogen-bond acceptors (Lipinski definition) is 3. The van der Waals surface area contributed by atoms with Crippen LogP contribution in [0.4, 0.5) is 4.79 Å². The molecule has 0 spiro atoms. The molecule has 5 unspecified atom stereocenters. The summed E-state index contributed by atoms with van der Waals surface area (Å²) < 4.78 is 12.1. The summed E-state index contributed by atoms with van der Waals surface area (Å²) in [5.41, 5.74) is 0. The first-order valence-corrected chi connectivity index (χ1v) is 10.1. The zero-order valence-electron chi connectivity index (χ0n) is 13.6. The standard InChI is InChI=1S/C16H30N2O3S/c1-2-22(21)15-9-4-3-8-14(15)18-16(20)17-11-12-6-5-7-13(19)10-12/h12-15,19H,2-11H2,1H3,(H2,17,18,20). The average molecular weight is 330 g/mol. The van der Waals surface area contributed by atoms with Crippen LogP contribution in [0.1, 0.15) is 58.3 Å². The van der Waals surface area contributed by atoms with Gasteiger partial charge in [-0.15, -0.1) is 0 Å². The molecule has 128 valence electrons. The second-order valence-electron chi connectivity index (χ2n) is 6.64. The van der Waals surface area contributed by atoms with E-state index in [2.05, 4.69) is 10.6 Å². The quantitative estimate of drug-likeness (QED) is 0.720. The van der Waals surface area contributed by atoms with Crippen LogP contribution in [0.25, 0.3) is 0 Å². The minimum atomic E-state index is -0.848. The number of amides is 2. The number of rotatable bonds is 5. The molecular formula is C16H30N2O3S. The Bertz CT molecular complexity index is 392. The van der Waals surface area contributed by atoms with Crippen molar-refractivity contribution in [2.75, 3.05) is 12.3 Å². The van der Waals surface area contributed by atoms with Gasteiger partial charge < -0.3 is 15.7 Å². The molecule has 0 aromatic carbocycles. The Morgan fingerprint density at radius 3 is 2.68 bits per heavy atom. The number of aliphatic hydroxyl groups is 1. The molecule has 0 heterocycles. The number of carbonyl (C=O) groups excluding carboxylic acids is 1. The summed E-state index contributed by atoms with van der Waals surface area (Å²) in [6.45, 7) is 2.56.